The largest absolute Gasteiger partial charge is 0.497 e. The second-order valence-electron chi connectivity index (χ2n) is 8.35. The molecule has 14 heteroatoms. The Labute approximate surface area is 207 Å². The molecule has 194 valence electrons. The minimum atomic E-state index is -1.62. The van der Waals surface area contributed by atoms with E-state index in [2.05, 4.69) is 20.5 Å². The molecule has 0 spiro atoms. The number of aromatic nitrogens is 6. The zero-order valence-electron chi connectivity index (χ0n) is 19.2. The van der Waals surface area contributed by atoms with Crippen molar-refractivity contribution in [2.75, 3.05) is 13.7 Å². The SMILES string of the molecule is COc1cccc(-n2cnnc2[C@@H]2O[C@H](CO)[C@H](O)[C@H](n3cc(-c4cc(F)c(F)c(F)c4)nn3)[C@H]2O)c1. The number of halogens is 3. The van der Waals surface area contributed by atoms with Gasteiger partial charge >= 0.3 is 0 Å². The van der Waals surface area contributed by atoms with Gasteiger partial charge in [0.25, 0.3) is 0 Å². The van der Waals surface area contributed by atoms with Gasteiger partial charge in [0.15, 0.2) is 23.3 Å². The van der Waals surface area contributed by atoms with Gasteiger partial charge in [0.2, 0.25) is 0 Å². The molecule has 1 aliphatic heterocycles. The molecule has 0 bridgehead atoms. The van der Waals surface area contributed by atoms with Crippen molar-refractivity contribution in [3.05, 3.63) is 72.2 Å². The van der Waals surface area contributed by atoms with Crippen molar-refractivity contribution in [1.82, 2.24) is 29.8 Å². The molecule has 0 saturated carbocycles. The average molecular weight is 518 g/mol. The van der Waals surface area contributed by atoms with Crippen LogP contribution < -0.4 is 4.74 Å². The van der Waals surface area contributed by atoms with E-state index in [1.54, 1.807) is 28.8 Å². The van der Waals surface area contributed by atoms with E-state index in [4.69, 9.17) is 9.47 Å². The first kappa shape index (κ1) is 24.8. The number of ether oxygens (including phenoxy) is 2. The predicted molar refractivity (Wildman–Crippen MR) is 119 cm³/mol. The van der Waals surface area contributed by atoms with E-state index in [0.29, 0.717) is 11.4 Å². The first-order valence-electron chi connectivity index (χ1n) is 11.1. The predicted octanol–water partition coefficient (Wildman–Crippen LogP) is 1.35. The van der Waals surface area contributed by atoms with Gasteiger partial charge in [-0.3, -0.25) is 4.57 Å². The number of aliphatic hydroxyl groups excluding tert-OH is 3. The lowest BCUT2D eigenvalue weighted by atomic mass is 9.92. The summed E-state index contributed by atoms with van der Waals surface area (Å²) in [6, 6.07) is 7.24. The van der Waals surface area contributed by atoms with Crippen LogP contribution in [0.4, 0.5) is 13.2 Å². The van der Waals surface area contributed by atoms with Crippen LogP contribution in [0.1, 0.15) is 18.0 Å². The summed E-state index contributed by atoms with van der Waals surface area (Å²) in [5, 5.41) is 47.8. The van der Waals surface area contributed by atoms with Crippen LogP contribution in [0.5, 0.6) is 5.75 Å². The highest BCUT2D eigenvalue weighted by Crippen LogP contribution is 2.38. The minimum Gasteiger partial charge on any atom is -0.497 e. The van der Waals surface area contributed by atoms with Crippen LogP contribution in [0.3, 0.4) is 0 Å². The fourth-order valence-electron chi connectivity index (χ4n) is 4.28. The fourth-order valence-corrected chi connectivity index (χ4v) is 4.28. The maximum atomic E-state index is 13.7. The van der Waals surface area contributed by atoms with E-state index in [9.17, 15) is 28.5 Å². The van der Waals surface area contributed by atoms with Crippen LogP contribution >= 0.6 is 0 Å². The average Bonchev–Trinajstić information content (AvgIpc) is 3.58. The van der Waals surface area contributed by atoms with Gasteiger partial charge in [-0.1, -0.05) is 11.3 Å². The van der Waals surface area contributed by atoms with Crippen molar-refractivity contribution in [1.29, 1.82) is 0 Å². The number of methoxy groups -OCH3 is 1. The summed E-state index contributed by atoms with van der Waals surface area (Å²) in [5.41, 5.74) is 0.453. The standard InChI is InChI=1S/C23H21F3N6O5/c1-36-13-4-2-3-12(7-13)31-10-27-29-23(31)22-21(35)19(20(34)17(9-33)37-22)32-8-16(28-30-32)11-5-14(24)18(26)15(25)6-11/h2-8,10,17,19-22,33-35H,9H2,1H3/t17-,19+,20+,21-,22-/m1/s1. The Bertz CT molecular complexity index is 1390. The second-order valence-corrected chi connectivity index (χ2v) is 8.35. The number of rotatable bonds is 6. The fraction of sp³-hybridized carbons (Fsp3) is 0.304. The Hall–Kier alpha value is -3.85. The molecule has 1 aliphatic rings. The smallest absolute Gasteiger partial charge is 0.194 e. The highest BCUT2D eigenvalue weighted by atomic mass is 19.2. The number of aliphatic hydroxyl groups is 3. The van der Waals surface area contributed by atoms with Crippen molar-refractivity contribution in [2.45, 2.75) is 30.5 Å². The molecule has 5 rings (SSSR count). The Balaban J connectivity index is 1.51. The third-order valence-electron chi connectivity index (χ3n) is 6.15. The summed E-state index contributed by atoms with van der Waals surface area (Å²) in [6.45, 7) is -0.607. The molecule has 5 atom stereocenters. The summed E-state index contributed by atoms with van der Waals surface area (Å²) < 4.78 is 54.5. The molecule has 37 heavy (non-hydrogen) atoms. The Morgan fingerprint density at radius 1 is 1.05 bits per heavy atom. The quantitative estimate of drug-likeness (QED) is 0.323. The lowest BCUT2D eigenvalue weighted by molar-refractivity contribution is -0.210. The molecule has 3 heterocycles. The van der Waals surface area contributed by atoms with E-state index in [1.165, 1.54) is 19.6 Å². The summed E-state index contributed by atoms with van der Waals surface area (Å²) >= 11 is 0. The highest BCUT2D eigenvalue weighted by Gasteiger charge is 2.48. The molecule has 1 fully saturated rings. The normalized spacial score (nSPS) is 23.8. The molecule has 11 nitrogen and oxygen atoms in total. The second kappa shape index (κ2) is 9.89. The lowest BCUT2D eigenvalue weighted by Gasteiger charge is -2.41. The van der Waals surface area contributed by atoms with Gasteiger partial charge in [-0.05, 0) is 24.3 Å². The van der Waals surface area contributed by atoms with Gasteiger partial charge in [-0.2, -0.15) is 0 Å². The van der Waals surface area contributed by atoms with E-state index < -0.39 is 54.5 Å². The molecule has 4 aromatic rings. The van der Waals surface area contributed by atoms with Gasteiger partial charge in [-0.15, -0.1) is 15.3 Å². The van der Waals surface area contributed by atoms with Crippen LogP contribution in [0, 0.1) is 17.5 Å². The summed E-state index contributed by atoms with van der Waals surface area (Å²) in [6.07, 6.45) is -2.66. The molecular weight excluding hydrogens is 497 g/mol. The first-order chi connectivity index (χ1) is 17.8. The maximum Gasteiger partial charge on any atom is 0.194 e. The molecule has 3 N–H and O–H groups in total. The molecule has 0 radical (unpaired) electrons. The van der Waals surface area contributed by atoms with Crippen LogP contribution in [0.2, 0.25) is 0 Å². The van der Waals surface area contributed by atoms with Gasteiger partial charge in [-0.25, -0.2) is 17.9 Å². The third-order valence-corrected chi connectivity index (χ3v) is 6.15. The first-order valence-corrected chi connectivity index (χ1v) is 11.1. The molecular formula is C23H21F3N6O5. The van der Waals surface area contributed by atoms with Crippen LogP contribution in [-0.4, -0.2) is 77.1 Å². The van der Waals surface area contributed by atoms with Gasteiger partial charge < -0.3 is 24.8 Å². The number of benzene rings is 2. The minimum absolute atomic E-state index is 0.0414. The Kier molecular flexibility index (Phi) is 6.64. The number of hydrogen-bond acceptors (Lipinski definition) is 9. The van der Waals surface area contributed by atoms with Crippen LogP contribution in [-0.2, 0) is 4.74 Å². The molecule has 0 amide bonds. The molecule has 0 unspecified atom stereocenters. The monoisotopic (exact) mass is 518 g/mol. The van der Waals surface area contributed by atoms with Crippen molar-refractivity contribution in [3.63, 3.8) is 0 Å². The van der Waals surface area contributed by atoms with Crippen molar-refractivity contribution >= 4 is 0 Å². The summed E-state index contributed by atoms with van der Waals surface area (Å²) in [4.78, 5) is 0. The summed E-state index contributed by atoms with van der Waals surface area (Å²) in [5.74, 6) is -3.71. The third kappa shape index (κ3) is 4.44. The topological polar surface area (TPSA) is 141 Å². The highest BCUT2D eigenvalue weighted by molar-refractivity contribution is 5.58. The molecule has 2 aromatic heterocycles. The molecule has 1 saturated heterocycles. The summed E-state index contributed by atoms with van der Waals surface area (Å²) in [7, 11) is 1.51. The Morgan fingerprint density at radius 2 is 1.81 bits per heavy atom. The van der Waals surface area contributed by atoms with Crippen molar-refractivity contribution < 1.29 is 38.0 Å². The molecule has 2 aromatic carbocycles. The van der Waals surface area contributed by atoms with Crippen LogP contribution in [0.25, 0.3) is 16.9 Å². The molecule has 0 aliphatic carbocycles. The zero-order chi connectivity index (χ0) is 26.3. The van der Waals surface area contributed by atoms with Crippen molar-refractivity contribution in [2.24, 2.45) is 0 Å². The van der Waals surface area contributed by atoms with E-state index in [1.807, 2.05) is 0 Å². The van der Waals surface area contributed by atoms with E-state index in [-0.39, 0.29) is 17.1 Å². The van der Waals surface area contributed by atoms with Crippen molar-refractivity contribution in [3.8, 4) is 22.7 Å². The van der Waals surface area contributed by atoms with Gasteiger partial charge in [0.1, 0.15) is 48.2 Å². The Morgan fingerprint density at radius 3 is 2.51 bits per heavy atom. The van der Waals surface area contributed by atoms with Crippen LogP contribution in [0.15, 0.2) is 48.9 Å². The number of nitrogens with zero attached hydrogens (tertiary/aromatic N) is 6. The van der Waals surface area contributed by atoms with E-state index in [0.717, 1.165) is 16.8 Å². The maximum absolute atomic E-state index is 13.7. The lowest BCUT2D eigenvalue weighted by Crippen LogP contribution is -2.53. The van der Waals surface area contributed by atoms with E-state index >= 15 is 0 Å². The number of hydrogen-bond donors (Lipinski definition) is 3. The van der Waals surface area contributed by atoms with Gasteiger partial charge in [0, 0.05) is 11.6 Å². The zero-order valence-corrected chi connectivity index (χ0v) is 19.2. The van der Waals surface area contributed by atoms with Gasteiger partial charge in [0.05, 0.1) is 25.6 Å².